The van der Waals surface area contributed by atoms with Gasteiger partial charge in [-0.05, 0) is 69.6 Å². The zero-order valence-electron chi connectivity index (χ0n) is 15.8. The van der Waals surface area contributed by atoms with Crippen molar-refractivity contribution >= 4 is 23.4 Å². The van der Waals surface area contributed by atoms with Crippen LogP contribution in [0.25, 0.3) is 0 Å². The first-order valence-corrected chi connectivity index (χ1v) is 9.67. The Kier molecular flexibility index (Phi) is 4.33. The topological polar surface area (TPSA) is 74.3 Å². The van der Waals surface area contributed by atoms with Gasteiger partial charge in [0.2, 0.25) is 0 Å². The number of benzene rings is 1. The molecule has 1 aromatic carbocycles. The van der Waals surface area contributed by atoms with Gasteiger partial charge in [-0.3, -0.25) is 4.90 Å². The molecule has 2 unspecified atom stereocenters. The minimum Gasteiger partial charge on any atom is -0.508 e. The van der Waals surface area contributed by atoms with E-state index in [0.29, 0.717) is 18.3 Å². The summed E-state index contributed by atoms with van der Waals surface area (Å²) in [4.78, 5) is 16.4. The SMILES string of the molecule is CC(C)(C)OC(=O)N1CCC2C1NC(=S)N2[C@H]1COc2ccc(O)cc2C1. The Labute approximate surface area is 164 Å². The number of aromatic hydroxyl groups is 1. The smallest absolute Gasteiger partial charge is 0.412 e. The summed E-state index contributed by atoms with van der Waals surface area (Å²) in [5, 5.41) is 13.7. The second-order valence-corrected chi connectivity index (χ2v) is 8.68. The van der Waals surface area contributed by atoms with Crippen molar-refractivity contribution in [1.29, 1.82) is 0 Å². The van der Waals surface area contributed by atoms with Gasteiger partial charge in [0.05, 0.1) is 12.1 Å². The van der Waals surface area contributed by atoms with Gasteiger partial charge in [-0.1, -0.05) is 0 Å². The second-order valence-electron chi connectivity index (χ2n) is 8.29. The maximum absolute atomic E-state index is 12.5. The van der Waals surface area contributed by atoms with Crippen LogP contribution in [-0.2, 0) is 11.2 Å². The summed E-state index contributed by atoms with van der Waals surface area (Å²) in [6, 6.07) is 5.33. The van der Waals surface area contributed by atoms with Gasteiger partial charge in [-0.25, -0.2) is 4.79 Å². The molecule has 3 aliphatic heterocycles. The van der Waals surface area contributed by atoms with E-state index in [1.54, 1.807) is 23.1 Å². The van der Waals surface area contributed by atoms with Gasteiger partial charge in [0.25, 0.3) is 0 Å². The maximum Gasteiger partial charge on any atom is 0.412 e. The normalized spacial score (nSPS) is 26.9. The summed E-state index contributed by atoms with van der Waals surface area (Å²) < 4.78 is 11.4. The Bertz CT molecular complexity index is 779. The largest absolute Gasteiger partial charge is 0.508 e. The number of amides is 1. The molecule has 0 aliphatic carbocycles. The van der Waals surface area contributed by atoms with Crippen LogP contribution in [0.1, 0.15) is 32.8 Å². The van der Waals surface area contributed by atoms with Crippen LogP contribution in [-0.4, -0.2) is 63.1 Å². The van der Waals surface area contributed by atoms with E-state index in [1.807, 2.05) is 20.8 Å². The molecular weight excluding hydrogens is 366 g/mol. The molecular formula is C19H25N3O4S. The maximum atomic E-state index is 12.5. The number of carbonyl (C=O) groups excluding carboxylic acids is 1. The molecule has 3 atom stereocenters. The number of ether oxygens (including phenoxy) is 2. The lowest BCUT2D eigenvalue weighted by atomic mass is 10.00. The molecule has 1 amide bonds. The molecule has 3 aliphatic rings. The van der Waals surface area contributed by atoms with E-state index in [4.69, 9.17) is 21.7 Å². The third-order valence-electron chi connectivity index (χ3n) is 5.18. The third kappa shape index (κ3) is 3.38. The fraction of sp³-hybridized carbons (Fsp3) is 0.579. The molecule has 0 bridgehead atoms. The minimum atomic E-state index is -0.531. The Morgan fingerprint density at radius 3 is 2.93 bits per heavy atom. The van der Waals surface area contributed by atoms with Crippen molar-refractivity contribution in [3.63, 3.8) is 0 Å². The highest BCUT2D eigenvalue weighted by Gasteiger charge is 2.50. The summed E-state index contributed by atoms with van der Waals surface area (Å²) in [5.41, 5.74) is 0.441. The summed E-state index contributed by atoms with van der Waals surface area (Å²) in [6.07, 6.45) is 1.06. The van der Waals surface area contributed by atoms with Gasteiger partial charge in [-0.2, -0.15) is 0 Å². The van der Waals surface area contributed by atoms with E-state index in [2.05, 4.69) is 10.2 Å². The molecule has 0 spiro atoms. The third-order valence-corrected chi connectivity index (χ3v) is 5.51. The lowest BCUT2D eigenvalue weighted by Gasteiger charge is -2.36. The van der Waals surface area contributed by atoms with Crippen molar-refractivity contribution in [2.24, 2.45) is 0 Å². The number of fused-ring (bicyclic) bond motifs is 2. The van der Waals surface area contributed by atoms with Crippen molar-refractivity contribution in [2.75, 3.05) is 13.2 Å². The van der Waals surface area contributed by atoms with Crippen LogP contribution >= 0.6 is 12.2 Å². The van der Waals surface area contributed by atoms with Crippen LogP contribution in [0.5, 0.6) is 11.5 Å². The Morgan fingerprint density at radius 1 is 1.41 bits per heavy atom. The van der Waals surface area contributed by atoms with E-state index in [9.17, 15) is 9.90 Å². The minimum absolute atomic E-state index is 0.0629. The number of rotatable bonds is 1. The van der Waals surface area contributed by atoms with Gasteiger partial charge < -0.3 is 24.8 Å². The van der Waals surface area contributed by atoms with Crippen LogP contribution in [0.4, 0.5) is 4.79 Å². The van der Waals surface area contributed by atoms with E-state index in [0.717, 1.165) is 24.2 Å². The van der Waals surface area contributed by atoms with Gasteiger partial charge in [0, 0.05) is 6.54 Å². The molecule has 146 valence electrons. The van der Waals surface area contributed by atoms with Crippen LogP contribution in [0.3, 0.4) is 0 Å². The first kappa shape index (κ1) is 18.2. The zero-order chi connectivity index (χ0) is 19.3. The number of thiocarbonyl (C=S) groups is 1. The molecule has 3 heterocycles. The molecule has 0 radical (unpaired) electrons. The molecule has 7 nitrogen and oxygen atoms in total. The highest BCUT2D eigenvalue weighted by atomic mass is 32.1. The second kappa shape index (κ2) is 6.44. The van der Waals surface area contributed by atoms with Crippen molar-refractivity contribution in [2.45, 2.75) is 57.5 Å². The fourth-order valence-electron chi connectivity index (χ4n) is 4.10. The number of carbonyl (C=O) groups is 1. The lowest BCUT2D eigenvalue weighted by molar-refractivity contribution is 0.0203. The molecule has 2 saturated heterocycles. The number of likely N-dealkylation sites (tertiary alicyclic amines) is 1. The van der Waals surface area contributed by atoms with Crippen molar-refractivity contribution in [3.8, 4) is 11.5 Å². The van der Waals surface area contributed by atoms with E-state index in [-0.39, 0.29) is 30.1 Å². The summed E-state index contributed by atoms with van der Waals surface area (Å²) in [7, 11) is 0. The quantitative estimate of drug-likeness (QED) is 0.711. The predicted molar refractivity (Wildman–Crippen MR) is 104 cm³/mol. The predicted octanol–water partition coefficient (Wildman–Crippen LogP) is 2.22. The van der Waals surface area contributed by atoms with Crippen LogP contribution in [0.15, 0.2) is 18.2 Å². The molecule has 27 heavy (non-hydrogen) atoms. The molecule has 8 heteroatoms. The van der Waals surface area contributed by atoms with Crippen molar-refractivity contribution in [3.05, 3.63) is 23.8 Å². The molecule has 0 aromatic heterocycles. The zero-order valence-corrected chi connectivity index (χ0v) is 16.6. The van der Waals surface area contributed by atoms with Crippen molar-refractivity contribution < 1.29 is 19.4 Å². The first-order chi connectivity index (χ1) is 12.7. The van der Waals surface area contributed by atoms with Crippen molar-refractivity contribution in [1.82, 2.24) is 15.1 Å². The van der Waals surface area contributed by atoms with E-state index >= 15 is 0 Å². The number of phenols is 1. The monoisotopic (exact) mass is 391 g/mol. The average molecular weight is 391 g/mol. The Hall–Kier alpha value is -2.22. The number of hydrogen-bond acceptors (Lipinski definition) is 5. The Balaban J connectivity index is 1.50. The van der Waals surface area contributed by atoms with Gasteiger partial charge in [0.15, 0.2) is 5.11 Å². The number of phenolic OH excluding ortho intramolecular Hbond substituents is 1. The van der Waals surface area contributed by atoms with Gasteiger partial charge >= 0.3 is 6.09 Å². The van der Waals surface area contributed by atoms with Crippen LogP contribution in [0, 0.1) is 0 Å². The number of hydrogen-bond donors (Lipinski definition) is 2. The number of nitrogens with one attached hydrogen (secondary N) is 1. The average Bonchev–Trinajstić information content (AvgIpc) is 3.10. The number of nitrogens with zero attached hydrogens (tertiary/aromatic N) is 2. The first-order valence-electron chi connectivity index (χ1n) is 9.26. The van der Waals surface area contributed by atoms with Gasteiger partial charge in [0.1, 0.15) is 29.9 Å². The van der Waals surface area contributed by atoms with E-state index in [1.165, 1.54) is 0 Å². The molecule has 0 saturated carbocycles. The fourth-order valence-corrected chi connectivity index (χ4v) is 4.50. The van der Waals surface area contributed by atoms with E-state index < -0.39 is 5.60 Å². The summed E-state index contributed by atoms with van der Waals surface area (Å²) in [6.45, 7) is 6.74. The Morgan fingerprint density at radius 2 is 2.19 bits per heavy atom. The van der Waals surface area contributed by atoms with Gasteiger partial charge in [-0.15, -0.1) is 0 Å². The van der Waals surface area contributed by atoms with Crippen LogP contribution in [0.2, 0.25) is 0 Å². The molecule has 2 fully saturated rings. The summed E-state index contributed by atoms with van der Waals surface area (Å²) in [5.74, 6) is 1.04. The van der Waals surface area contributed by atoms with Crippen LogP contribution < -0.4 is 10.1 Å². The standard InChI is InChI=1S/C19H25N3O4S/c1-19(2,3)26-18(24)21-7-6-14-16(21)20-17(27)22(14)12-8-11-9-13(23)4-5-15(11)25-10-12/h4-5,9,12,14,16,23H,6-8,10H2,1-3H3,(H,20,27)/t12-,14?,16?/m1/s1. The lowest BCUT2D eigenvalue weighted by Crippen LogP contribution is -2.49. The summed E-state index contributed by atoms with van der Waals surface area (Å²) >= 11 is 5.58. The molecule has 4 rings (SSSR count). The molecule has 2 N–H and O–H groups in total. The highest BCUT2D eigenvalue weighted by Crippen LogP contribution is 2.35. The highest BCUT2D eigenvalue weighted by molar-refractivity contribution is 7.80. The molecule has 1 aromatic rings.